The Morgan fingerprint density at radius 2 is 2.33 bits per heavy atom. The lowest BCUT2D eigenvalue weighted by atomic mass is 10.1. The molecule has 0 N–H and O–H groups in total. The predicted octanol–water partition coefficient (Wildman–Crippen LogP) is 2.02. The number of rotatable bonds is 1. The van der Waals surface area contributed by atoms with E-state index in [1.54, 1.807) is 7.11 Å². The quantitative estimate of drug-likeness (QED) is 0.632. The molecular weight excluding hydrogens is 152 g/mol. The maximum absolute atomic E-state index is 5.57. The van der Waals surface area contributed by atoms with Gasteiger partial charge in [-0.25, -0.2) is 0 Å². The molecule has 1 aromatic rings. The standard InChI is InChI=1S/C10H12O2/c1-7-5-8-3-4-9(11-2)6-10(8)12-7/h3-4,6-7H,5H2,1-2H3. The molecule has 0 bridgehead atoms. The summed E-state index contributed by atoms with van der Waals surface area (Å²) in [6, 6.07) is 5.98. The Bertz CT molecular complexity index is 294. The van der Waals surface area contributed by atoms with Gasteiger partial charge in [0.05, 0.1) is 7.11 Å². The van der Waals surface area contributed by atoms with E-state index in [1.165, 1.54) is 5.56 Å². The van der Waals surface area contributed by atoms with Crippen molar-refractivity contribution in [3.8, 4) is 11.5 Å². The zero-order valence-electron chi connectivity index (χ0n) is 7.33. The van der Waals surface area contributed by atoms with Crippen LogP contribution in [0.1, 0.15) is 12.5 Å². The van der Waals surface area contributed by atoms with Crippen LogP contribution < -0.4 is 9.47 Å². The van der Waals surface area contributed by atoms with Gasteiger partial charge in [0, 0.05) is 12.5 Å². The molecule has 0 saturated heterocycles. The highest BCUT2D eigenvalue weighted by Gasteiger charge is 2.18. The van der Waals surface area contributed by atoms with Crippen LogP contribution in [0.4, 0.5) is 0 Å². The number of benzene rings is 1. The first kappa shape index (κ1) is 7.47. The van der Waals surface area contributed by atoms with Gasteiger partial charge in [0.1, 0.15) is 17.6 Å². The number of hydrogen-bond acceptors (Lipinski definition) is 2. The maximum Gasteiger partial charge on any atom is 0.126 e. The molecular formula is C10H12O2. The van der Waals surface area contributed by atoms with Crippen LogP contribution >= 0.6 is 0 Å². The number of fused-ring (bicyclic) bond motifs is 1. The Morgan fingerprint density at radius 3 is 3.08 bits per heavy atom. The topological polar surface area (TPSA) is 18.5 Å². The van der Waals surface area contributed by atoms with Crippen molar-refractivity contribution >= 4 is 0 Å². The molecule has 2 nitrogen and oxygen atoms in total. The lowest BCUT2D eigenvalue weighted by Crippen LogP contribution is -2.05. The van der Waals surface area contributed by atoms with E-state index in [2.05, 4.69) is 13.0 Å². The van der Waals surface area contributed by atoms with E-state index < -0.39 is 0 Å². The van der Waals surface area contributed by atoms with Gasteiger partial charge in [-0.2, -0.15) is 0 Å². The lowest BCUT2D eigenvalue weighted by molar-refractivity contribution is 0.254. The van der Waals surface area contributed by atoms with Crippen molar-refractivity contribution < 1.29 is 9.47 Å². The van der Waals surface area contributed by atoms with Gasteiger partial charge in [-0.15, -0.1) is 0 Å². The van der Waals surface area contributed by atoms with E-state index in [1.807, 2.05) is 12.1 Å². The molecule has 0 spiro atoms. The van der Waals surface area contributed by atoms with E-state index in [0.29, 0.717) is 6.10 Å². The third-order valence-corrected chi connectivity index (χ3v) is 2.11. The smallest absolute Gasteiger partial charge is 0.126 e. The molecule has 12 heavy (non-hydrogen) atoms. The van der Waals surface area contributed by atoms with E-state index >= 15 is 0 Å². The number of ether oxygens (including phenoxy) is 2. The van der Waals surface area contributed by atoms with Crippen molar-refractivity contribution in [3.63, 3.8) is 0 Å². The summed E-state index contributed by atoms with van der Waals surface area (Å²) < 4.78 is 10.7. The molecule has 0 aliphatic carbocycles. The van der Waals surface area contributed by atoms with Crippen LogP contribution in [-0.2, 0) is 6.42 Å². The fourth-order valence-electron chi connectivity index (χ4n) is 1.51. The normalized spacial score (nSPS) is 20.0. The second-order valence-corrected chi connectivity index (χ2v) is 3.11. The largest absolute Gasteiger partial charge is 0.497 e. The minimum absolute atomic E-state index is 0.312. The molecule has 1 unspecified atom stereocenters. The molecule has 0 fully saturated rings. The number of hydrogen-bond donors (Lipinski definition) is 0. The molecule has 1 atom stereocenters. The molecule has 2 rings (SSSR count). The molecule has 0 saturated carbocycles. The van der Waals surface area contributed by atoms with Crippen molar-refractivity contribution in [3.05, 3.63) is 23.8 Å². The summed E-state index contributed by atoms with van der Waals surface area (Å²) in [5.41, 5.74) is 1.28. The second kappa shape index (κ2) is 2.70. The molecule has 1 aliphatic rings. The van der Waals surface area contributed by atoms with Crippen molar-refractivity contribution in [2.24, 2.45) is 0 Å². The summed E-state index contributed by atoms with van der Waals surface area (Å²) in [6.45, 7) is 2.08. The molecule has 0 aromatic heterocycles. The van der Waals surface area contributed by atoms with Crippen LogP contribution in [0.2, 0.25) is 0 Å². The zero-order chi connectivity index (χ0) is 8.55. The predicted molar refractivity (Wildman–Crippen MR) is 46.8 cm³/mol. The van der Waals surface area contributed by atoms with Gasteiger partial charge in [-0.05, 0) is 18.6 Å². The van der Waals surface area contributed by atoms with Crippen LogP contribution in [0.15, 0.2) is 18.2 Å². The molecule has 2 heteroatoms. The minimum Gasteiger partial charge on any atom is -0.497 e. The summed E-state index contributed by atoms with van der Waals surface area (Å²) >= 11 is 0. The molecule has 1 aromatic carbocycles. The fourth-order valence-corrected chi connectivity index (χ4v) is 1.51. The van der Waals surface area contributed by atoms with Crippen LogP contribution in [0.3, 0.4) is 0 Å². The molecule has 1 aliphatic heterocycles. The van der Waals surface area contributed by atoms with E-state index in [9.17, 15) is 0 Å². The highest BCUT2D eigenvalue weighted by molar-refractivity contribution is 5.43. The third-order valence-electron chi connectivity index (χ3n) is 2.11. The van der Waals surface area contributed by atoms with Gasteiger partial charge in [-0.1, -0.05) is 6.07 Å². The van der Waals surface area contributed by atoms with Gasteiger partial charge in [0.25, 0.3) is 0 Å². The van der Waals surface area contributed by atoms with Crippen LogP contribution in [-0.4, -0.2) is 13.2 Å². The highest BCUT2D eigenvalue weighted by Crippen LogP contribution is 2.31. The summed E-state index contributed by atoms with van der Waals surface area (Å²) in [7, 11) is 1.67. The zero-order valence-corrected chi connectivity index (χ0v) is 7.33. The Labute approximate surface area is 72.1 Å². The van der Waals surface area contributed by atoms with Crippen LogP contribution in [0.5, 0.6) is 11.5 Å². The Morgan fingerprint density at radius 1 is 1.50 bits per heavy atom. The Hall–Kier alpha value is -1.18. The average molecular weight is 164 g/mol. The van der Waals surface area contributed by atoms with Crippen molar-refractivity contribution in [1.82, 2.24) is 0 Å². The molecule has 0 amide bonds. The summed E-state index contributed by atoms with van der Waals surface area (Å²) in [6.07, 6.45) is 1.33. The first-order valence-electron chi connectivity index (χ1n) is 4.13. The van der Waals surface area contributed by atoms with E-state index in [-0.39, 0.29) is 0 Å². The minimum atomic E-state index is 0.312. The van der Waals surface area contributed by atoms with Crippen molar-refractivity contribution in [1.29, 1.82) is 0 Å². The number of methoxy groups -OCH3 is 1. The monoisotopic (exact) mass is 164 g/mol. The second-order valence-electron chi connectivity index (χ2n) is 3.11. The SMILES string of the molecule is COc1ccc2c(c1)OC(C)C2. The first-order valence-corrected chi connectivity index (χ1v) is 4.13. The Balaban J connectivity index is 2.35. The maximum atomic E-state index is 5.57. The van der Waals surface area contributed by atoms with E-state index in [4.69, 9.17) is 9.47 Å². The summed E-state index contributed by atoms with van der Waals surface area (Å²) in [5, 5.41) is 0. The van der Waals surface area contributed by atoms with Crippen LogP contribution in [0, 0.1) is 0 Å². The van der Waals surface area contributed by atoms with Gasteiger partial charge in [0.2, 0.25) is 0 Å². The van der Waals surface area contributed by atoms with Gasteiger partial charge >= 0.3 is 0 Å². The van der Waals surface area contributed by atoms with Gasteiger partial charge in [0.15, 0.2) is 0 Å². The lowest BCUT2D eigenvalue weighted by Gasteiger charge is -2.03. The van der Waals surface area contributed by atoms with Crippen molar-refractivity contribution in [2.75, 3.05) is 7.11 Å². The summed E-state index contributed by atoms with van der Waals surface area (Å²) in [4.78, 5) is 0. The van der Waals surface area contributed by atoms with Gasteiger partial charge < -0.3 is 9.47 Å². The third kappa shape index (κ3) is 1.13. The molecule has 1 heterocycles. The molecule has 0 radical (unpaired) electrons. The Kier molecular flexibility index (Phi) is 1.68. The highest BCUT2D eigenvalue weighted by atomic mass is 16.5. The van der Waals surface area contributed by atoms with Crippen LogP contribution in [0.25, 0.3) is 0 Å². The average Bonchev–Trinajstić information content (AvgIpc) is 2.43. The first-order chi connectivity index (χ1) is 5.79. The van der Waals surface area contributed by atoms with E-state index in [0.717, 1.165) is 17.9 Å². The molecule has 64 valence electrons. The van der Waals surface area contributed by atoms with Crippen molar-refractivity contribution in [2.45, 2.75) is 19.4 Å². The summed E-state index contributed by atoms with van der Waals surface area (Å²) in [5.74, 6) is 1.84. The fraction of sp³-hybridized carbons (Fsp3) is 0.400. The van der Waals surface area contributed by atoms with Gasteiger partial charge in [-0.3, -0.25) is 0 Å².